The second kappa shape index (κ2) is 4.57. The van der Waals surface area contributed by atoms with Gasteiger partial charge < -0.3 is 20.7 Å². The van der Waals surface area contributed by atoms with Crippen molar-refractivity contribution in [1.29, 1.82) is 0 Å². The lowest BCUT2D eigenvalue weighted by Gasteiger charge is -2.24. The first kappa shape index (κ1) is 11.9. The zero-order valence-corrected chi connectivity index (χ0v) is 8.46. The lowest BCUT2D eigenvalue weighted by molar-refractivity contribution is -0.138. The molecule has 4 N–H and O–H groups in total. The lowest BCUT2D eigenvalue weighted by atomic mass is 9.94. The fraction of sp³-hybridized carbons (Fsp3) is 0.500. The maximum absolute atomic E-state index is 10.5. The standard InChI is InChI=1S/C10H15NO4/c1-15-10(14)4-2-7(3-5-10)6-8(11)9(12)13/h2-5,7-8,14H,6,11H2,1H3,(H,12,13). The van der Waals surface area contributed by atoms with Crippen LogP contribution < -0.4 is 5.73 Å². The van der Waals surface area contributed by atoms with Gasteiger partial charge in [-0.1, -0.05) is 12.2 Å². The topological polar surface area (TPSA) is 92.8 Å². The molecule has 15 heavy (non-hydrogen) atoms. The zero-order valence-electron chi connectivity index (χ0n) is 8.46. The Morgan fingerprint density at radius 3 is 2.53 bits per heavy atom. The number of carbonyl (C=O) groups is 1. The summed E-state index contributed by atoms with van der Waals surface area (Å²) in [6.07, 6.45) is 6.64. The summed E-state index contributed by atoms with van der Waals surface area (Å²) in [4.78, 5) is 10.5. The van der Waals surface area contributed by atoms with Crippen LogP contribution in [0.3, 0.4) is 0 Å². The molecule has 0 aromatic rings. The number of allylic oxidation sites excluding steroid dienone is 2. The molecule has 1 aliphatic rings. The molecule has 0 aliphatic heterocycles. The van der Waals surface area contributed by atoms with Gasteiger partial charge in [-0.05, 0) is 24.5 Å². The van der Waals surface area contributed by atoms with Gasteiger partial charge in [-0.25, -0.2) is 0 Å². The molecular formula is C10H15NO4. The Kier molecular flexibility index (Phi) is 3.62. The Bertz CT molecular complexity index is 284. The fourth-order valence-electron chi connectivity index (χ4n) is 1.33. The SMILES string of the molecule is COC1(O)C=CC(CC(N)C(=O)O)C=C1. The number of hydrogen-bond donors (Lipinski definition) is 3. The molecule has 0 aromatic carbocycles. The summed E-state index contributed by atoms with van der Waals surface area (Å²) < 4.78 is 4.81. The molecule has 0 saturated carbocycles. The quantitative estimate of drug-likeness (QED) is 0.446. The van der Waals surface area contributed by atoms with Crippen LogP contribution in [0.25, 0.3) is 0 Å². The Balaban J connectivity index is 2.54. The van der Waals surface area contributed by atoms with E-state index in [4.69, 9.17) is 15.6 Å². The van der Waals surface area contributed by atoms with Gasteiger partial charge in [0.15, 0.2) is 0 Å². The van der Waals surface area contributed by atoms with E-state index in [1.807, 2.05) is 0 Å². The molecule has 5 nitrogen and oxygen atoms in total. The molecular weight excluding hydrogens is 198 g/mol. The number of ether oxygens (including phenoxy) is 1. The normalized spacial score (nSPS) is 31.5. The highest BCUT2D eigenvalue weighted by Gasteiger charge is 2.24. The molecule has 1 unspecified atom stereocenters. The largest absolute Gasteiger partial charge is 0.480 e. The van der Waals surface area contributed by atoms with E-state index in [0.717, 1.165) is 0 Å². The van der Waals surface area contributed by atoms with Crippen molar-refractivity contribution < 1.29 is 19.7 Å². The van der Waals surface area contributed by atoms with Crippen LogP contribution >= 0.6 is 0 Å². The molecule has 0 aromatic heterocycles. The van der Waals surface area contributed by atoms with E-state index in [1.54, 1.807) is 12.2 Å². The number of nitrogens with two attached hydrogens (primary N) is 1. The minimum absolute atomic E-state index is 0.0773. The first-order chi connectivity index (χ1) is 6.97. The van der Waals surface area contributed by atoms with E-state index in [-0.39, 0.29) is 5.92 Å². The molecule has 1 aliphatic carbocycles. The fourth-order valence-corrected chi connectivity index (χ4v) is 1.33. The zero-order chi connectivity index (χ0) is 11.5. The van der Waals surface area contributed by atoms with E-state index >= 15 is 0 Å². The van der Waals surface area contributed by atoms with Crippen LogP contribution in [0.5, 0.6) is 0 Å². The van der Waals surface area contributed by atoms with Crippen LogP contribution in [-0.2, 0) is 9.53 Å². The average molecular weight is 213 g/mol. The molecule has 5 heteroatoms. The number of carboxylic acid groups (broad SMARTS) is 1. The van der Waals surface area contributed by atoms with Crippen molar-refractivity contribution in [3.63, 3.8) is 0 Å². The second-order valence-electron chi connectivity index (χ2n) is 3.52. The van der Waals surface area contributed by atoms with Gasteiger partial charge in [-0.2, -0.15) is 0 Å². The van der Waals surface area contributed by atoms with Crippen molar-refractivity contribution >= 4 is 5.97 Å². The van der Waals surface area contributed by atoms with Gasteiger partial charge >= 0.3 is 5.97 Å². The molecule has 0 spiro atoms. The molecule has 1 atom stereocenters. The van der Waals surface area contributed by atoms with E-state index in [2.05, 4.69) is 0 Å². The monoisotopic (exact) mass is 213 g/mol. The summed E-state index contributed by atoms with van der Waals surface area (Å²) in [6, 6.07) is -0.891. The summed E-state index contributed by atoms with van der Waals surface area (Å²) in [7, 11) is 1.39. The van der Waals surface area contributed by atoms with Crippen molar-refractivity contribution in [2.24, 2.45) is 11.7 Å². The number of rotatable bonds is 4. The summed E-state index contributed by atoms with van der Waals surface area (Å²) in [5.74, 6) is -2.47. The second-order valence-corrected chi connectivity index (χ2v) is 3.52. The molecule has 1 rings (SSSR count). The minimum atomic E-state index is -1.37. The first-order valence-corrected chi connectivity index (χ1v) is 4.61. The van der Waals surface area contributed by atoms with Crippen molar-refractivity contribution in [3.05, 3.63) is 24.3 Å². The number of methoxy groups -OCH3 is 1. The van der Waals surface area contributed by atoms with E-state index < -0.39 is 17.8 Å². The molecule has 0 amide bonds. The van der Waals surface area contributed by atoms with Crippen molar-refractivity contribution in [1.82, 2.24) is 0 Å². The third kappa shape index (κ3) is 3.16. The number of aliphatic carboxylic acids is 1. The van der Waals surface area contributed by atoms with Gasteiger partial charge in [0.05, 0.1) is 0 Å². The van der Waals surface area contributed by atoms with Crippen LogP contribution in [0.2, 0.25) is 0 Å². The molecule has 0 saturated heterocycles. The highest BCUT2D eigenvalue weighted by atomic mass is 16.6. The number of carboxylic acids is 1. The van der Waals surface area contributed by atoms with Crippen LogP contribution in [0.15, 0.2) is 24.3 Å². The third-order valence-electron chi connectivity index (χ3n) is 2.33. The van der Waals surface area contributed by atoms with Gasteiger partial charge in [0, 0.05) is 7.11 Å². The number of hydrogen-bond acceptors (Lipinski definition) is 4. The maximum Gasteiger partial charge on any atom is 0.320 e. The number of aliphatic hydroxyl groups is 1. The Morgan fingerprint density at radius 2 is 2.13 bits per heavy atom. The predicted octanol–water partition coefficient (Wildman–Crippen LogP) is -0.134. The van der Waals surface area contributed by atoms with Crippen LogP contribution in [0.4, 0.5) is 0 Å². The molecule has 0 bridgehead atoms. The summed E-state index contributed by atoms with van der Waals surface area (Å²) >= 11 is 0. The summed E-state index contributed by atoms with van der Waals surface area (Å²) in [5, 5.41) is 18.2. The van der Waals surface area contributed by atoms with Gasteiger partial charge in [0.25, 0.3) is 0 Å². The van der Waals surface area contributed by atoms with E-state index in [1.165, 1.54) is 19.3 Å². The molecule has 84 valence electrons. The Labute approximate surface area is 87.8 Å². The van der Waals surface area contributed by atoms with E-state index in [0.29, 0.717) is 6.42 Å². The van der Waals surface area contributed by atoms with Crippen molar-refractivity contribution in [3.8, 4) is 0 Å². The molecule has 0 heterocycles. The van der Waals surface area contributed by atoms with Gasteiger partial charge in [0.2, 0.25) is 5.79 Å². The van der Waals surface area contributed by atoms with Gasteiger partial charge in [-0.3, -0.25) is 4.79 Å². The van der Waals surface area contributed by atoms with Gasteiger partial charge in [0.1, 0.15) is 6.04 Å². The van der Waals surface area contributed by atoms with E-state index in [9.17, 15) is 9.90 Å². The van der Waals surface area contributed by atoms with Crippen molar-refractivity contribution in [2.45, 2.75) is 18.2 Å². The Morgan fingerprint density at radius 1 is 1.60 bits per heavy atom. The van der Waals surface area contributed by atoms with Crippen LogP contribution in [-0.4, -0.2) is 35.1 Å². The summed E-state index contributed by atoms with van der Waals surface area (Å²) in [6.45, 7) is 0. The lowest BCUT2D eigenvalue weighted by Crippen LogP contribution is -2.33. The third-order valence-corrected chi connectivity index (χ3v) is 2.33. The highest BCUT2D eigenvalue weighted by Crippen LogP contribution is 2.21. The minimum Gasteiger partial charge on any atom is -0.480 e. The first-order valence-electron chi connectivity index (χ1n) is 4.61. The highest BCUT2D eigenvalue weighted by molar-refractivity contribution is 5.73. The van der Waals surface area contributed by atoms with Gasteiger partial charge in [-0.15, -0.1) is 0 Å². The molecule has 0 radical (unpaired) electrons. The maximum atomic E-state index is 10.5. The predicted molar refractivity (Wildman–Crippen MR) is 54.0 cm³/mol. The summed E-state index contributed by atoms with van der Waals surface area (Å²) in [5.41, 5.74) is 5.39. The van der Waals surface area contributed by atoms with Crippen LogP contribution in [0.1, 0.15) is 6.42 Å². The van der Waals surface area contributed by atoms with Crippen LogP contribution in [0, 0.1) is 5.92 Å². The Hall–Kier alpha value is -1.17. The van der Waals surface area contributed by atoms with Crippen molar-refractivity contribution in [2.75, 3.05) is 7.11 Å². The average Bonchev–Trinajstić information content (AvgIpc) is 2.21. The molecule has 0 fully saturated rings. The smallest absolute Gasteiger partial charge is 0.320 e.